The topological polar surface area (TPSA) is 69.6 Å². The van der Waals surface area contributed by atoms with E-state index in [9.17, 15) is 9.59 Å². The number of rotatable bonds is 20. The number of para-hydroxylation sites is 1. The number of nitrogens with zero attached hydrogens (tertiary/aromatic N) is 1. The number of anilines is 1. The number of carbonyl (C=O) groups is 2. The molecule has 0 aliphatic heterocycles. The zero-order chi connectivity index (χ0) is 27.7. The van der Waals surface area contributed by atoms with Gasteiger partial charge in [0.05, 0.1) is 6.54 Å². The van der Waals surface area contributed by atoms with Crippen LogP contribution in [-0.4, -0.2) is 41.5 Å². The summed E-state index contributed by atoms with van der Waals surface area (Å²) in [4.78, 5) is 24.3. The third-order valence-electron chi connectivity index (χ3n) is 6.66. The Labute approximate surface area is 228 Å². The number of hydrogen-bond donors (Lipinski definition) is 2. The summed E-state index contributed by atoms with van der Waals surface area (Å²) in [6.45, 7) is 12.7. The zero-order valence-corrected chi connectivity index (χ0v) is 24.6. The highest BCUT2D eigenvalue weighted by Gasteiger charge is 2.10. The van der Waals surface area contributed by atoms with Crippen LogP contribution in [0.5, 0.6) is 0 Å². The molecule has 0 unspecified atom stereocenters. The number of benzene rings is 1. The first-order chi connectivity index (χ1) is 17.8. The maximum Gasteiger partial charge on any atom is 0.303 e. The van der Waals surface area contributed by atoms with Crippen molar-refractivity contribution in [1.29, 1.82) is 0 Å². The Hall–Kier alpha value is -2.14. The fraction of sp³-hybridized carbons (Fsp3) is 0.688. The van der Waals surface area contributed by atoms with Crippen molar-refractivity contribution in [2.24, 2.45) is 0 Å². The maximum absolute atomic E-state index is 11.9. The van der Waals surface area contributed by atoms with Crippen LogP contribution in [0.25, 0.3) is 0 Å². The first kappa shape index (κ1) is 34.9. The largest absolute Gasteiger partial charge is 0.481 e. The van der Waals surface area contributed by atoms with Crippen molar-refractivity contribution in [3.63, 3.8) is 0 Å². The first-order valence-corrected chi connectivity index (χ1v) is 14.8. The number of unbranched alkanes of at least 4 members (excludes halogenated alkanes) is 11. The van der Waals surface area contributed by atoms with E-state index in [1.54, 1.807) is 0 Å². The van der Waals surface area contributed by atoms with Gasteiger partial charge in [0.1, 0.15) is 0 Å². The molecule has 0 aliphatic carbocycles. The van der Waals surface area contributed by atoms with Crippen molar-refractivity contribution >= 4 is 17.6 Å². The molecule has 0 radical (unpaired) electrons. The average Bonchev–Trinajstić information content (AvgIpc) is 2.87. The number of likely N-dealkylation sites (N-methyl/N-ethyl adjacent to an activating group) is 1. The van der Waals surface area contributed by atoms with Gasteiger partial charge in [-0.1, -0.05) is 102 Å². The summed E-state index contributed by atoms with van der Waals surface area (Å²) < 4.78 is 0. The second kappa shape index (κ2) is 24.2. The minimum Gasteiger partial charge on any atom is -0.481 e. The van der Waals surface area contributed by atoms with Gasteiger partial charge in [-0.25, -0.2) is 0 Å². The second-order valence-electron chi connectivity index (χ2n) is 10.0. The van der Waals surface area contributed by atoms with Crippen LogP contribution in [0.4, 0.5) is 5.69 Å². The normalized spacial score (nSPS) is 11.0. The Morgan fingerprint density at radius 2 is 1.27 bits per heavy atom. The van der Waals surface area contributed by atoms with Crippen molar-refractivity contribution in [3.05, 3.63) is 41.5 Å². The molecule has 0 spiro atoms. The number of hydrogen-bond acceptors (Lipinski definition) is 3. The molecule has 0 heterocycles. The monoisotopic (exact) mass is 516 g/mol. The number of carbonyl (C=O) groups excluding carboxylic acids is 1. The third kappa shape index (κ3) is 20.6. The van der Waals surface area contributed by atoms with Crippen LogP contribution in [0.2, 0.25) is 0 Å². The molecule has 0 aliphatic rings. The lowest BCUT2D eigenvalue weighted by molar-refractivity contribution is -0.137. The van der Waals surface area contributed by atoms with Crippen molar-refractivity contribution < 1.29 is 14.7 Å². The van der Waals surface area contributed by atoms with E-state index >= 15 is 0 Å². The smallest absolute Gasteiger partial charge is 0.303 e. The first-order valence-electron chi connectivity index (χ1n) is 14.8. The van der Waals surface area contributed by atoms with Gasteiger partial charge in [0.2, 0.25) is 5.91 Å². The van der Waals surface area contributed by atoms with E-state index in [2.05, 4.69) is 43.1 Å². The minimum absolute atomic E-state index is 0.0612. The summed E-state index contributed by atoms with van der Waals surface area (Å²) in [7, 11) is 0. The quantitative estimate of drug-likeness (QED) is 0.134. The lowest BCUT2D eigenvalue weighted by atomic mass is 10.1. The van der Waals surface area contributed by atoms with Crippen LogP contribution in [0.1, 0.15) is 122 Å². The van der Waals surface area contributed by atoms with Gasteiger partial charge in [-0.2, -0.15) is 0 Å². The number of carboxylic acid groups (broad SMARTS) is 1. The molecule has 37 heavy (non-hydrogen) atoms. The molecule has 2 N–H and O–H groups in total. The molecule has 0 fully saturated rings. The van der Waals surface area contributed by atoms with Crippen LogP contribution in [0, 0.1) is 13.8 Å². The Bertz CT molecular complexity index is 721. The average molecular weight is 517 g/mol. The fourth-order valence-corrected chi connectivity index (χ4v) is 4.19. The number of carboxylic acids is 1. The van der Waals surface area contributed by atoms with Gasteiger partial charge in [0.15, 0.2) is 0 Å². The predicted octanol–water partition coefficient (Wildman–Crippen LogP) is 8.69. The van der Waals surface area contributed by atoms with E-state index in [4.69, 9.17) is 5.11 Å². The van der Waals surface area contributed by atoms with Gasteiger partial charge >= 0.3 is 5.97 Å². The number of aliphatic carboxylic acids is 1. The van der Waals surface area contributed by atoms with Crippen LogP contribution < -0.4 is 5.32 Å². The highest BCUT2D eigenvalue weighted by molar-refractivity contribution is 5.93. The molecule has 1 amide bonds. The summed E-state index contributed by atoms with van der Waals surface area (Å²) in [5, 5.41) is 11.5. The molecule has 5 nitrogen and oxygen atoms in total. The Morgan fingerprint density at radius 1 is 0.784 bits per heavy atom. The maximum atomic E-state index is 11.9. The van der Waals surface area contributed by atoms with Gasteiger partial charge in [-0.3, -0.25) is 14.5 Å². The Morgan fingerprint density at radius 3 is 1.76 bits per heavy atom. The second-order valence-corrected chi connectivity index (χ2v) is 10.0. The molecule has 5 heteroatoms. The minimum atomic E-state index is -0.664. The van der Waals surface area contributed by atoms with Crippen LogP contribution in [0.15, 0.2) is 30.4 Å². The molecule has 0 aromatic heterocycles. The predicted molar refractivity (Wildman–Crippen MR) is 159 cm³/mol. The molecule has 0 saturated carbocycles. The highest BCUT2D eigenvalue weighted by Crippen LogP contribution is 2.19. The van der Waals surface area contributed by atoms with Crippen molar-refractivity contribution in [2.75, 3.05) is 25.0 Å². The highest BCUT2D eigenvalue weighted by atomic mass is 16.4. The van der Waals surface area contributed by atoms with Crippen molar-refractivity contribution in [3.8, 4) is 0 Å². The van der Waals surface area contributed by atoms with Gasteiger partial charge in [-0.05, 0) is 70.2 Å². The SMILES string of the molecule is CCCCCCCC/C=C\CCCCCCCC(=O)O.CCN(CC)CC(=O)Nc1c(C)cccc1C. The van der Waals surface area contributed by atoms with Crippen LogP contribution in [0.3, 0.4) is 0 Å². The molecule has 1 aromatic rings. The summed E-state index contributed by atoms with van der Waals surface area (Å²) in [5.74, 6) is -0.603. The third-order valence-corrected chi connectivity index (χ3v) is 6.66. The van der Waals surface area contributed by atoms with E-state index in [0.29, 0.717) is 13.0 Å². The molecular formula is C32H56N2O3. The summed E-state index contributed by atoms with van der Waals surface area (Å²) >= 11 is 0. The molecule has 212 valence electrons. The van der Waals surface area contributed by atoms with Crippen LogP contribution in [-0.2, 0) is 9.59 Å². The van der Waals surface area contributed by atoms with Crippen LogP contribution >= 0.6 is 0 Å². The van der Waals surface area contributed by atoms with Gasteiger partial charge < -0.3 is 10.4 Å². The zero-order valence-electron chi connectivity index (χ0n) is 24.6. The van der Waals surface area contributed by atoms with E-state index in [1.165, 1.54) is 70.6 Å². The van der Waals surface area contributed by atoms with E-state index in [1.807, 2.05) is 32.0 Å². The van der Waals surface area contributed by atoms with E-state index in [0.717, 1.165) is 42.7 Å². The van der Waals surface area contributed by atoms with Gasteiger partial charge in [0.25, 0.3) is 0 Å². The van der Waals surface area contributed by atoms with E-state index in [-0.39, 0.29) is 5.91 Å². The molecule has 0 saturated heterocycles. The summed E-state index contributed by atoms with van der Waals surface area (Å²) in [6.07, 6.45) is 21.2. The standard InChI is InChI=1S/C18H34O2.C14H22N2O/c1-2-3-4-5-6-7-8-9-10-11-12-13-14-15-16-17-18(19)20;1-5-16(6-2)10-13(17)15-14-11(3)8-7-9-12(14)4/h9-10H,2-8,11-17H2,1H3,(H,19,20);7-9H,5-6,10H2,1-4H3,(H,15,17)/b10-9-;. The number of aryl methyl sites for hydroxylation is 2. The fourth-order valence-electron chi connectivity index (χ4n) is 4.19. The summed E-state index contributed by atoms with van der Waals surface area (Å²) in [6, 6.07) is 6.03. The van der Waals surface area contributed by atoms with Crippen molar-refractivity contribution in [2.45, 2.75) is 125 Å². The lowest BCUT2D eigenvalue weighted by Crippen LogP contribution is -2.33. The Balaban J connectivity index is 0.000000708. The van der Waals surface area contributed by atoms with Crippen molar-refractivity contribution in [1.82, 2.24) is 4.90 Å². The molecule has 0 bridgehead atoms. The van der Waals surface area contributed by atoms with E-state index < -0.39 is 5.97 Å². The van der Waals surface area contributed by atoms with Gasteiger partial charge in [0, 0.05) is 12.1 Å². The lowest BCUT2D eigenvalue weighted by Gasteiger charge is -2.18. The molecule has 1 aromatic carbocycles. The molecular weight excluding hydrogens is 460 g/mol. The molecule has 1 rings (SSSR count). The molecule has 0 atom stereocenters. The number of amides is 1. The van der Waals surface area contributed by atoms with Gasteiger partial charge in [-0.15, -0.1) is 0 Å². The number of nitrogens with one attached hydrogen (secondary N) is 1. The summed E-state index contributed by atoms with van der Waals surface area (Å²) in [5.41, 5.74) is 3.17. The Kier molecular flexibility index (Phi) is 22.8. The number of allylic oxidation sites excluding steroid dienone is 2.